The Kier molecular flexibility index (Phi) is 7.86. The molecule has 10 aromatic rings. The Balaban J connectivity index is 1.16. The summed E-state index contributed by atoms with van der Waals surface area (Å²) in [5, 5.41) is 5.07. The molecular formula is C60H43N. The number of fused-ring (bicyclic) bond motifs is 9. The Morgan fingerprint density at radius 2 is 0.852 bits per heavy atom. The van der Waals surface area contributed by atoms with Gasteiger partial charge in [0, 0.05) is 22.4 Å². The van der Waals surface area contributed by atoms with Crippen LogP contribution >= 0.6 is 0 Å². The number of hydrogen-bond donors (Lipinski definition) is 0. The predicted molar refractivity (Wildman–Crippen MR) is 256 cm³/mol. The molecule has 61 heavy (non-hydrogen) atoms. The molecule has 0 atom stereocenters. The SMILES string of the molecule is CC1(C)c2cc(N(c3ccc4c(c3)C(c3ccccc3)(c3ccccc3)c3ccccc3-4)c3ccc4ccccc4c3-c3ccccc3)ccc2-c2ccc3ccccc3c21. The summed E-state index contributed by atoms with van der Waals surface area (Å²) in [6.07, 6.45) is 0. The summed E-state index contributed by atoms with van der Waals surface area (Å²) < 4.78 is 0. The van der Waals surface area contributed by atoms with Gasteiger partial charge < -0.3 is 4.90 Å². The lowest BCUT2D eigenvalue weighted by molar-refractivity contribution is 0.666. The molecule has 0 N–H and O–H groups in total. The Bertz CT molecular complexity index is 3290. The third kappa shape index (κ3) is 5.14. The summed E-state index contributed by atoms with van der Waals surface area (Å²) in [4.78, 5) is 2.54. The molecule has 12 rings (SSSR count). The average Bonchev–Trinajstić information content (AvgIpc) is 3.75. The molecule has 0 aromatic heterocycles. The van der Waals surface area contributed by atoms with Gasteiger partial charge in [-0.3, -0.25) is 0 Å². The summed E-state index contributed by atoms with van der Waals surface area (Å²) in [5.74, 6) is 0. The van der Waals surface area contributed by atoms with E-state index in [0.29, 0.717) is 0 Å². The van der Waals surface area contributed by atoms with E-state index in [1.54, 1.807) is 0 Å². The van der Waals surface area contributed by atoms with Crippen molar-refractivity contribution in [2.24, 2.45) is 0 Å². The Hall–Kier alpha value is -7.48. The quantitative estimate of drug-likeness (QED) is 0.163. The van der Waals surface area contributed by atoms with Crippen LogP contribution in [-0.4, -0.2) is 0 Å². The van der Waals surface area contributed by atoms with E-state index < -0.39 is 5.41 Å². The highest BCUT2D eigenvalue weighted by molar-refractivity contribution is 6.06. The molecule has 0 saturated carbocycles. The van der Waals surface area contributed by atoms with Gasteiger partial charge in [-0.25, -0.2) is 0 Å². The highest BCUT2D eigenvalue weighted by Gasteiger charge is 2.46. The number of anilines is 3. The maximum absolute atomic E-state index is 2.54. The molecule has 10 aromatic carbocycles. The van der Waals surface area contributed by atoms with Crippen molar-refractivity contribution in [3.05, 3.63) is 258 Å². The first-order chi connectivity index (χ1) is 30.0. The summed E-state index contributed by atoms with van der Waals surface area (Å²) >= 11 is 0. The fraction of sp³-hybridized carbons (Fsp3) is 0.0667. The van der Waals surface area contributed by atoms with E-state index in [0.717, 1.165) is 17.1 Å². The molecule has 0 amide bonds. The minimum atomic E-state index is -0.523. The lowest BCUT2D eigenvalue weighted by Gasteiger charge is -2.35. The fourth-order valence-corrected chi connectivity index (χ4v) is 11.1. The van der Waals surface area contributed by atoms with Gasteiger partial charge >= 0.3 is 0 Å². The molecule has 0 fully saturated rings. The molecule has 288 valence electrons. The molecule has 0 bridgehead atoms. The molecule has 2 aliphatic rings. The standard InChI is InChI=1S/C60H43N/c1-59(2)54-38-45(33-36-51(54)52-34-30-41-19-13-15-27-48(41)58(52)59)61(56-37-31-40-18-12-14-26-47(40)57(56)42-20-6-3-7-21-42)46-32-35-50-49-28-16-17-29-53(49)60(55(50)39-46,43-22-8-4-9-23-43)44-24-10-5-11-25-44/h3-39H,1-2H3. The van der Waals surface area contributed by atoms with Crippen molar-refractivity contribution in [2.45, 2.75) is 24.7 Å². The van der Waals surface area contributed by atoms with Crippen LogP contribution in [0, 0.1) is 0 Å². The number of hydrogen-bond acceptors (Lipinski definition) is 1. The Morgan fingerprint density at radius 3 is 1.54 bits per heavy atom. The molecule has 0 saturated heterocycles. The van der Waals surface area contributed by atoms with Gasteiger partial charge in [-0.15, -0.1) is 0 Å². The van der Waals surface area contributed by atoms with Crippen LogP contribution in [0.15, 0.2) is 224 Å². The van der Waals surface area contributed by atoms with Crippen molar-refractivity contribution in [3.63, 3.8) is 0 Å². The molecule has 0 aliphatic heterocycles. The average molecular weight is 778 g/mol. The van der Waals surface area contributed by atoms with Crippen molar-refractivity contribution in [1.29, 1.82) is 0 Å². The van der Waals surface area contributed by atoms with E-state index in [9.17, 15) is 0 Å². The normalized spacial score (nSPS) is 14.0. The van der Waals surface area contributed by atoms with Crippen molar-refractivity contribution in [3.8, 4) is 33.4 Å². The lowest BCUT2D eigenvalue weighted by Crippen LogP contribution is -2.28. The largest absolute Gasteiger partial charge is 0.310 e. The highest BCUT2D eigenvalue weighted by atomic mass is 15.1. The first-order valence-corrected chi connectivity index (χ1v) is 21.4. The lowest BCUT2D eigenvalue weighted by atomic mass is 9.67. The zero-order valence-corrected chi connectivity index (χ0v) is 34.3. The fourth-order valence-electron chi connectivity index (χ4n) is 11.1. The van der Waals surface area contributed by atoms with Gasteiger partial charge in [-0.1, -0.05) is 208 Å². The number of nitrogens with zero attached hydrogens (tertiary/aromatic N) is 1. The topological polar surface area (TPSA) is 3.24 Å². The van der Waals surface area contributed by atoms with E-state index in [1.807, 2.05) is 0 Å². The number of benzene rings is 10. The van der Waals surface area contributed by atoms with Crippen molar-refractivity contribution in [1.82, 2.24) is 0 Å². The van der Waals surface area contributed by atoms with Crippen LogP contribution in [0.2, 0.25) is 0 Å². The Labute approximate surface area is 357 Å². The van der Waals surface area contributed by atoms with Gasteiger partial charge in [0.05, 0.1) is 11.1 Å². The summed E-state index contributed by atoms with van der Waals surface area (Å²) in [7, 11) is 0. The molecule has 0 heterocycles. The first kappa shape index (κ1) is 35.5. The molecule has 2 aliphatic carbocycles. The zero-order valence-electron chi connectivity index (χ0n) is 34.3. The minimum absolute atomic E-state index is 0.214. The van der Waals surface area contributed by atoms with Crippen LogP contribution in [0.1, 0.15) is 47.2 Å². The van der Waals surface area contributed by atoms with E-state index in [4.69, 9.17) is 0 Å². The number of rotatable bonds is 6. The van der Waals surface area contributed by atoms with E-state index in [-0.39, 0.29) is 5.41 Å². The van der Waals surface area contributed by atoms with Crippen LogP contribution < -0.4 is 4.90 Å². The van der Waals surface area contributed by atoms with E-state index in [1.165, 1.54) is 88.3 Å². The second-order valence-corrected chi connectivity index (χ2v) is 17.2. The summed E-state index contributed by atoms with van der Waals surface area (Å²) in [5.41, 5.74) is 18.1. The molecule has 0 radical (unpaired) electrons. The molecule has 0 unspecified atom stereocenters. The van der Waals surface area contributed by atoms with Crippen LogP contribution in [0.25, 0.3) is 54.9 Å². The third-order valence-electron chi connectivity index (χ3n) is 13.7. The van der Waals surface area contributed by atoms with Crippen LogP contribution in [0.4, 0.5) is 17.1 Å². The van der Waals surface area contributed by atoms with Gasteiger partial charge in [0.1, 0.15) is 0 Å². The van der Waals surface area contributed by atoms with Crippen molar-refractivity contribution < 1.29 is 0 Å². The second kappa shape index (κ2) is 13.5. The smallest absolute Gasteiger partial charge is 0.0714 e. The van der Waals surface area contributed by atoms with Crippen molar-refractivity contribution in [2.75, 3.05) is 4.90 Å². The van der Waals surface area contributed by atoms with Gasteiger partial charge in [-0.05, 0) is 113 Å². The maximum Gasteiger partial charge on any atom is 0.0714 e. The minimum Gasteiger partial charge on any atom is -0.310 e. The highest BCUT2D eigenvalue weighted by Crippen LogP contribution is 2.58. The van der Waals surface area contributed by atoms with Crippen LogP contribution in [0.3, 0.4) is 0 Å². The molecule has 1 heteroatoms. The van der Waals surface area contributed by atoms with Gasteiger partial charge in [0.15, 0.2) is 0 Å². The summed E-state index contributed by atoms with van der Waals surface area (Å²) in [6, 6.07) is 83.6. The Morgan fingerprint density at radius 1 is 0.361 bits per heavy atom. The monoisotopic (exact) mass is 777 g/mol. The molecule has 1 nitrogen and oxygen atoms in total. The van der Waals surface area contributed by atoms with Gasteiger partial charge in [0.2, 0.25) is 0 Å². The zero-order chi connectivity index (χ0) is 40.7. The predicted octanol–water partition coefficient (Wildman–Crippen LogP) is 15.8. The van der Waals surface area contributed by atoms with E-state index in [2.05, 4.69) is 243 Å². The van der Waals surface area contributed by atoms with E-state index >= 15 is 0 Å². The van der Waals surface area contributed by atoms with Gasteiger partial charge in [0.25, 0.3) is 0 Å². The maximum atomic E-state index is 2.54. The molecule has 0 spiro atoms. The summed E-state index contributed by atoms with van der Waals surface area (Å²) in [6.45, 7) is 4.81. The molecular weight excluding hydrogens is 735 g/mol. The van der Waals surface area contributed by atoms with Crippen molar-refractivity contribution >= 4 is 38.6 Å². The first-order valence-electron chi connectivity index (χ1n) is 21.4. The second-order valence-electron chi connectivity index (χ2n) is 17.2. The van der Waals surface area contributed by atoms with Gasteiger partial charge in [-0.2, -0.15) is 0 Å². The third-order valence-corrected chi connectivity index (χ3v) is 13.7. The van der Waals surface area contributed by atoms with Crippen LogP contribution in [-0.2, 0) is 10.8 Å². The van der Waals surface area contributed by atoms with Crippen LogP contribution in [0.5, 0.6) is 0 Å².